The van der Waals surface area contributed by atoms with E-state index in [-0.39, 0.29) is 23.7 Å². The van der Waals surface area contributed by atoms with Gasteiger partial charge in [-0.2, -0.15) is 13.2 Å². The molecule has 7 heteroatoms. The van der Waals surface area contributed by atoms with Crippen LogP contribution in [0.5, 0.6) is 0 Å². The average molecular weight is 465 g/mol. The minimum absolute atomic E-state index is 0.0626. The topological polar surface area (TPSA) is 46.5 Å². The van der Waals surface area contributed by atoms with Gasteiger partial charge in [-0.3, -0.25) is 0 Å². The first-order valence-corrected chi connectivity index (χ1v) is 11.1. The van der Waals surface area contributed by atoms with Crippen LogP contribution in [0, 0.1) is 12.8 Å². The number of esters is 1. The first-order valence-electron chi connectivity index (χ1n) is 10.7. The number of hydrogen-bond donors (Lipinski definition) is 1. The zero-order chi connectivity index (χ0) is 23.1. The van der Waals surface area contributed by atoms with Crippen LogP contribution in [-0.2, 0) is 9.53 Å². The molecule has 32 heavy (non-hydrogen) atoms. The van der Waals surface area contributed by atoms with Gasteiger partial charge in [0.05, 0.1) is 0 Å². The van der Waals surface area contributed by atoms with E-state index in [0.717, 1.165) is 16.7 Å². The first-order chi connectivity index (χ1) is 15.1. The number of carbonyl (C=O) groups excluding carboxylic acids is 1. The van der Waals surface area contributed by atoms with E-state index in [1.165, 1.54) is 0 Å². The highest BCUT2D eigenvalue weighted by Gasteiger charge is 2.50. The summed E-state index contributed by atoms with van der Waals surface area (Å²) in [4.78, 5) is 12.8. The molecule has 1 fully saturated rings. The van der Waals surface area contributed by atoms with Gasteiger partial charge in [-0.15, -0.1) is 0 Å². The summed E-state index contributed by atoms with van der Waals surface area (Å²) in [5.41, 5.74) is 2.21. The molecule has 170 valence electrons. The summed E-state index contributed by atoms with van der Waals surface area (Å²) in [7, 11) is 0. The second-order valence-corrected chi connectivity index (χ2v) is 9.18. The Kier molecular flexibility index (Phi) is 6.01. The van der Waals surface area contributed by atoms with Crippen molar-refractivity contribution >= 4 is 23.1 Å². The molecule has 1 aliphatic carbocycles. The number of halogens is 4. The van der Waals surface area contributed by atoms with Crippen LogP contribution in [0.3, 0.4) is 0 Å². The zero-order valence-corrected chi connectivity index (χ0v) is 18.4. The van der Waals surface area contributed by atoms with Crippen molar-refractivity contribution in [3.8, 4) is 11.1 Å². The maximum atomic E-state index is 12.8. The molecule has 0 radical (unpaired) electrons. The minimum atomic E-state index is -4.17. The summed E-state index contributed by atoms with van der Waals surface area (Å²) in [6, 6.07) is 13.0. The zero-order valence-electron chi connectivity index (χ0n) is 17.6. The summed E-state index contributed by atoms with van der Waals surface area (Å²) in [6.07, 6.45) is -3.31. The van der Waals surface area contributed by atoms with Gasteiger partial charge in [-0.05, 0) is 85.4 Å². The molecular formula is C25H24ClF3O3. The van der Waals surface area contributed by atoms with Crippen molar-refractivity contribution in [1.29, 1.82) is 0 Å². The molecule has 0 saturated heterocycles. The number of alkyl halides is 3. The van der Waals surface area contributed by atoms with Crippen molar-refractivity contribution in [1.82, 2.24) is 0 Å². The molecule has 4 rings (SSSR count). The molecule has 1 N–H and O–H groups in total. The molecule has 2 aliphatic rings. The summed E-state index contributed by atoms with van der Waals surface area (Å²) < 4.78 is 43.3. The minimum Gasteiger partial charge on any atom is -0.507 e. The van der Waals surface area contributed by atoms with E-state index in [1.54, 1.807) is 12.1 Å². The highest BCUT2D eigenvalue weighted by molar-refractivity contribution is 6.30. The van der Waals surface area contributed by atoms with E-state index in [4.69, 9.17) is 16.3 Å². The number of ether oxygens (including phenoxy) is 1. The molecule has 1 heterocycles. The quantitative estimate of drug-likeness (QED) is 0.479. The number of aryl methyl sites for hydroxylation is 1. The molecule has 1 saturated carbocycles. The summed E-state index contributed by atoms with van der Waals surface area (Å²) in [5.74, 6) is -0.784. The Labute approximate surface area is 189 Å². The molecule has 3 nitrogen and oxygen atoms in total. The van der Waals surface area contributed by atoms with Crippen LogP contribution in [0.1, 0.15) is 49.7 Å². The maximum Gasteiger partial charge on any atom is 0.389 e. The SMILES string of the molecule is Cc1ccc(-c2ccc(Cl)cc2)cc1C1=C(O)C2(CCC(CCC(F)(F)F)CC2)OC1=O. The van der Waals surface area contributed by atoms with Crippen molar-refractivity contribution < 1.29 is 27.8 Å². The Balaban J connectivity index is 1.60. The van der Waals surface area contributed by atoms with Gasteiger partial charge in [0.25, 0.3) is 0 Å². The van der Waals surface area contributed by atoms with E-state index < -0.39 is 24.2 Å². The van der Waals surface area contributed by atoms with Crippen LogP contribution in [0.4, 0.5) is 13.2 Å². The molecule has 1 spiro atoms. The molecular weight excluding hydrogens is 441 g/mol. The lowest BCUT2D eigenvalue weighted by Gasteiger charge is -2.36. The number of rotatable bonds is 4. The van der Waals surface area contributed by atoms with Gasteiger partial charge < -0.3 is 9.84 Å². The normalized spacial score (nSPS) is 23.7. The fourth-order valence-electron chi connectivity index (χ4n) is 4.69. The van der Waals surface area contributed by atoms with E-state index in [2.05, 4.69) is 0 Å². The van der Waals surface area contributed by atoms with Crippen LogP contribution in [0.25, 0.3) is 16.7 Å². The van der Waals surface area contributed by atoms with Gasteiger partial charge in [0.15, 0.2) is 11.4 Å². The van der Waals surface area contributed by atoms with Crippen LogP contribution in [-0.4, -0.2) is 22.9 Å². The van der Waals surface area contributed by atoms with Crippen molar-refractivity contribution in [2.45, 2.75) is 57.2 Å². The van der Waals surface area contributed by atoms with Gasteiger partial charge in [0.2, 0.25) is 0 Å². The fraction of sp³-hybridized carbons (Fsp3) is 0.400. The van der Waals surface area contributed by atoms with Gasteiger partial charge in [0.1, 0.15) is 5.57 Å². The third kappa shape index (κ3) is 4.51. The van der Waals surface area contributed by atoms with Gasteiger partial charge in [-0.25, -0.2) is 4.79 Å². The Morgan fingerprint density at radius 3 is 2.34 bits per heavy atom. The first kappa shape index (κ1) is 22.7. The molecule has 0 bridgehead atoms. The molecule has 0 amide bonds. The number of hydrogen-bond acceptors (Lipinski definition) is 3. The van der Waals surface area contributed by atoms with Gasteiger partial charge in [-0.1, -0.05) is 35.9 Å². The molecule has 0 unspecified atom stereocenters. The second kappa shape index (κ2) is 8.47. The van der Waals surface area contributed by atoms with Crippen molar-refractivity contribution in [2.24, 2.45) is 5.92 Å². The van der Waals surface area contributed by atoms with Gasteiger partial charge in [0, 0.05) is 11.4 Å². The lowest BCUT2D eigenvalue weighted by atomic mass is 9.75. The largest absolute Gasteiger partial charge is 0.507 e. The molecule has 0 atom stereocenters. The Morgan fingerprint density at radius 2 is 1.72 bits per heavy atom. The summed E-state index contributed by atoms with van der Waals surface area (Å²) in [6.45, 7) is 1.85. The highest BCUT2D eigenvalue weighted by atomic mass is 35.5. The number of carbonyl (C=O) groups is 1. The fourth-order valence-corrected chi connectivity index (χ4v) is 4.82. The summed E-state index contributed by atoms with van der Waals surface area (Å²) in [5, 5.41) is 11.7. The van der Waals surface area contributed by atoms with Crippen LogP contribution in [0.2, 0.25) is 5.02 Å². The lowest BCUT2D eigenvalue weighted by molar-refractivity contribution is -0.151. The lowest BCUT2D eigenvalue weighted by Crippen LogP contribution is -2.37. The Hall–Kier alpha value is -2.47. The number of aliphatic hydroxyl groups is 1. The highest BCUT2D eigenvalue weighted by Crippen LogP contribution is 2.48. The maximum absolute atomic E-state index is 12.8. The third-order valence-electron chi connectivity index (χ3n) is 6.59. The monoisotopic (exact) mass is 464 g/mol. The molecule has 2 aromatic rings. The molecule has 1 aliphatic heterocycles. The van der Waals surface area contributed by atoms with E-state index >= 15 is 0 Å². The van der Waals surface area contributed by atoms with Crippen molar-refractivity contribution in [3.05, 3.63) is 64.4 Å². The van der Waals surface area contributed by atoms with E-state index in [1.807, 2.05) is 37.3 Å². The second-order valence-electron chi connectivity index (χ2n) is 8.74. The summed E-state index contributed by atoms with van der Waals surface area (Å²) >= 11 is 5.97. The van der Waals surface area contributed by atoms with E-state index in [0.29, 0.717) is 36.3 Å². The predicted molar refractivity (Wildman–Crippen MR) is 117 cm³/mol. The standard InChI is InChI=1S/C25H24ClF3O3/c1-15-2-3-18(17-4-6-19(26)7-5-17)14-20(15)21-22(30)24(32-23(21)31)11-8-16(9-12-24)10-13-25(27,28)29/h2-7,14,16,30H,8-13H2,1H3. The van der Waals surface area contributed by atoms with Crippen molar-refractivity contribution in [2.75, 3.05) is 0 Å². The van der Waals surface area contributed by atoms with Crippen molar-refractivity contribution in [3.63, 3.8) is 0 Å². The average Bonchev–Trinajstić information content (AvgIpc) is 2.97. The van der Waals surface area contributed by atoms with Crippen LogP contribution >= 0.6 is 11.6 Å². The van der Waals surface area contributed by atoms with Gasteiger partial charge >= 0.3 is 12.1 Å². The number of benzene rings is 2. The van der Waals surface area contributed by atoms with E-state index in [9.17, 15) is 23.1 Å². The smallest absolute Gasteiger partial charge is 0.389 e. The predicted octanol–water partition coefficient (Wildman–Crippen LogP) is 7.41. The Bertz CT molecular complexity index is 1050. The Morgan fingerprint density at radius 1 is 1.09 bits per heavy atom. The third-order valence-corrected chi connectivity index (χ3v) is 6.85. The van der Waals surface area contributed by atoms with Crippen LogP contribution < -0.4 is 0 Å². The number of aliphatic hydroxyl groups excluding tert-OH is 1. The van der Waals surface area contributed by atoms with Crippen LogP contribution in [0.15, 0.2) is 48.2 Å². The molecule has 0 aromatic heterocycles. The molecule has 2 aromatic carbocycles.